The summed E-state index contributed by atoms with van der Waals surface area (Å²) in [6, 6.07) is 4.99. The van der Waals surface area contributed by atoms with Crippen molar-refractivity contribution in [1.82, 2.24) is 9.55 Å². The minimum atomic E-state index is -0.334. The van der Waals surface area contributed by atoms with E-state index < -0.39 is 0 Å². The third-order valence-corrected chi connectivity index (χ3v) is 2.91. The average Bonchev–Trinajstić information content (AvgIpc) is 2.61. The molecule has 0 aliphatic carbocycles. The van der Waals surface area contributed by atoms with Gasteiger partial charge in [-0.05, 0) is 31.5 Å². The van der Waals surface area contributed by atoms with Crippen molar-refractivity contribution in [3.8, 4) is 5.75 Å². The number of imidazole rings is 1. The molecule has 0 aliphatic heterocycles. The number of hydrogen-bond donors (Lipinski definition) is 0. The monoisotopic (exact) mass is 234 g/mol. The smallest absolute Gasteiger partial charge is 0.165 e. The van der Waals surface area contributed by atoms with Crippen molar-refractivity contribution >= 4 is 0 Å². The van der Waals surface area contributed by atoms with Crippen molar-refractivity contribution in [1.29, 1.82) is 0 Å². The van der Waals surface area contributed by atoms with Crippen LogP contribution in [0, 0.1) is 19.7 Å². The summed E-state index contributed by atoms with van der Waals surface area (Å²) in [5.74, 6) is -0.0632. The quantitative estimate of drug-likeness (QED) is 0.816. The van der Waals surface area contributed by atoms with Crippen molar-refractivity contribution in [3.63, 3.8) is 0 Å². The normalized spacial score (nSPS) is 10.6. The molecule has 0 amide bonds. The fourth-order valence-electron chi connectivity index (χ4n) is 1.71. The SMILES string of the molecule is COc1ccc(Cn2cnc(C)c2C)cc1F. The molecule has 0 saturated heterocycles. The largest absolute Gasteiger partial charge is 0.494 e. The average molecular weight is 234 g/mol. The van der Waals surface area contributed by atoms with Crippen LogP contribution in [0.3, 0.4) is 0 Å². The lowest BCUT2D eigenvalue weighted by molar-refractivity contribution is 0.386. The number of nitrogens with zero attached hydrogens (tertiary/aromatic N) is 2. The van der Waals surface area contributed by atoms with Crippen LogP contribution in [0.1, 0.15) is 17.0 Å². The van der Waals surface area contributed by atoms with Gasteiger partial charge in [-0.1, -0.05) is 6.07 Å². The fourth-order valence-corrected chi connectivity index (χ4v) is 1.71. The number of hydrogen-bond acceptors (Lipinski definition) is 2. The van der Waals surface area contributed by atoms with Gasteiger partial charge < -0.3 is 9.30 Å². The summed E-state index contributed by atoms with van der Waals surface area (Å²) in [7, 11) is 1.46. The molecule has 1 aromatic heterocycles. The van der Waals surface area contributed by atoms with Gasteiger partial charge >= 0.3 is 0 Å². The Kier molecular flexibility index (Phi) is 3.13. The van der Waals surface area contributed by atoms with Gasteiger partial charge in [-0.2, -0.15) is 0 Å². The Morgan fingerprint density at radius 3 is 2.65 bits per heavy atom. The summed E-state index contributed by atoms with van der Waals surface area (Å²) < 4.78 is 20.4. The van der Waals surface area contributed by atoms with Gasteiger partial charge in [0.25, 0.3) is 0 Å². The van der Waals surface area contributed by atoms with Crippen LogP contribution in [0.2, 0.25) is 0 Å². The van der Waals surface area contributed by atoms with Gasteiger partial charge in [-0.15, -0.1) is 0 Å². The van der Waals surface area contributed by atoms with Gasteiger partial charge in [-0.25, -0.2) is 9.37 Å². The molecule has 0 radical (unpaired) electrons. The number of aryl methyl sites for hydroxylation is 1. The Morgan fingerprint density at radius 2 is 2.12 bits per heavy atom. The van der Waals surface area contributed by atoms with E-state index in [4.69, 9.17) is 4.74 Å². The first-order valence-corrected chi connectivity index (χ1v) is 5.42. The van der Waals surface area contributed by atoms with Gasteiger partial charge in [0.15, 0.2) is 11.6 Å². The van der Waals surface area contributed by atoms with E-state index in [1.165, 1.54) is 13.2 Å². The van der Waals surface area contributed by atoms with Gasteiger partial charge in [0.2, 0.25) is 0 Å². The molecule has 0 fully saturated rings. The second-order valence-electron chi connectivity index (χ2n) is 4.01. The van der Waals surface area contributed by atoms with Crippen LogP contribution in [0.15, 0.2) is 24.5 Å². The second-order valence-corrected chi connectivity index (χ2v) is 4.01. The Balaban J connectivity index is 2.25. The van der Waals surface area contributed by atoms with E-state index in [0.29, 0.717) is 6.54 Å². The lowest BCUT2D eigenvalue weighted by Gasteiger charge is -2.07. The molecule has 0 spiro atoms. The highest BCUT2D eigenvalue weighted by molar-refractivity contribution is 5.29. The zero-order chi connectivity index (χ0) is 12.4. The number of aromatic nitrogens is 2. The third kappa shape index (κ3) is 2.30. The van der Waals surface area contributed by atoms with E-state index in [0.717, 1.165) is 17.0 Å². The highest BCUT2D eigenvalue weighted by atomic mass is 19.1. The number of rotatable bonds is 3. The number of halogens is 1. The third-order valence-electron chi connectivity index (χ3n) is 2.91. The molecule has 2 rings (SSSR count). The standard InChI is InChI=1S/C13H15FN2O/c1-9-10(2)16(8-15-9)7-11-4-5-13(17-3)12(14)6-11/h4-6,8H,7H2,1-3H3. The first-order chi connectivity index (χ1) is 8.11. The number of methoxy groups -OCH3 is 1. The van der Waals surface area contributed by atoms with Crippen LogP contribution < -0.4 is 4.74 Å². The van der Waals surface area contributed by atoms with Crippen LogP contribution in [0.4, 0.5) is 4.39 Å². The minimum Gasteiger partial charge on any atom is -0.494 e. The van der Waals surface area contributed by atoms with Gasteiger partial charge in [0, 0.05) is 12.2 Å². The van der Waals surface area contributed by atoms with Crippen LogP contribution in [0.25, 0.3) is 0 Å². The van der Waals surface area contributed by atoms with Crippen molar-refractivity contribution in [2.24, 2.45) is 0 Å². The maximum atomic E-state index is 13.5. The molecule has 0 saturated carbocycles. The maximum Gasteiger partial charge on any atom is 0.165 e. The lowest BCUT2D eigenvalue weighted by atomic mass is 10.2. The first-order valence-electron chi connectivity index (χ1n) is 5.42. The van der Waals surface area contributed by atoms with Crippen LogP contribution >= 0.6 is 0 Å². The van der Waals surface area contributed by atoms with E-state index in [9.17, 15) is 4.39 Å². The molecule has 2 aromatic rings. The first kappa shape index (κ1) is 11.6. The zero-order valence-corrected chi connectivity index (χ0v) is 10.2. The molecule has 90 valence electrons. The Morgan fingerprint density at radius 1 is 1.35 bits per heavy atom. The van der Waals surface area contributed by atoms with Crippen molar-refractivity contribution in [3.05, 3.63) is 47.3 Å². The summed E-state index contributed by atoms with van der Waals surface area (Å²) in [5, 5.41) is 0. The van der Waals surface area contributed by atoms with Gasteiger partial charge in [0.05, 0.1) is 19.1 Å². The zero-order valence-electron chi connectivity index (χ0n) is 10.2. The Labute approximate surface area is 99.9 Å². The van der Waals surface area contributed by atoms with Crippen LogP contribution in [-0.4, -0.2) is 16.7 Å². The topological polar surface area (TPSA) is 27.1 Å². The summed E-state index contributed by atoms with van der Waals surface area (Å²) in [6.45, 7) is 4.58. The van der Waals surface area contributed by atoms with E-state index in [2.05, 4.69) is 4.98 Å². The molecule has 1 aromatic carbocycles. The molecule has 0 bridgehead atoms. The predicted molar refractivity (Wildman–Crippen MR) is 63.8 cm³/mol. The minimum absolute atomic E-state index is 0.271. The van der Waals surface area contributed by atoms with Gasteiger partial charge in [-0.3, -0.25) is 0 Å². The molecule has 3 nitrogen and oxygen atoms in total. The molecule has 1 heterocycles. The second kappa shape index (κ2) is 4.57. The van der Waals surface area contributed by atoms with Crippen LogP contribution in [-0.2, 0) is 6.54 Å². The highest BCUT2D eigenvalue weighted by Gasteiger charge is 2.06. The molecular weight excluding hydrogens is 219 g/mol. The number of benzene rings is 1. The highest BCUT2D eigenvalue weighted by Crippen LogP contribution is 2.18. The Bertz CT molecular complexity index is 534. The summed E-state index contributed by atoms with van der Waals surface area (Å²) in [6.07, 6.45) is 1.77. The van der Waals surface area contributed by atoms with Gasteiger partial charge in [0.1, 0.15) is 0 Å². The molecule has 17 heavy (non-hydrogen) atoms. The van der Waals surface area contributed by atoms with Crippen LogP contribution in [0.5, 0.6) is 5.75 Å². The molecule has 0 atom stereocenters. The van der Waals surface area contributed by atoms with E-state index in [1.807, 2.05) is 24.5 Å². The van der Waals surface area contributed by atoms with Crippen molar-refractivity contribution in [2.45, 2.75) is 20.4 Å². The van der Waals surface area contributed by atoms with E-state index in [1.54, 1.807) is 12.4 Å². The lowest BCUT2D eigenvalue weighted by Crippen LogP contribution is -2.01. The summed E-state index contributed by atoms with van der Waals surface area (Å²) in [4.78, 5) is 4.21. The maximum absolute atomic E-state index is 13.5. The van der Waals surface area contributed by atoms with E-state index in [-0.39, 0.29) is 11.6 Å². The summed E-state index contributed by atoms with van der Waals surface area (Å²) >= 11 is 0. The molecular formula is C13H15FN2O. The fraction of sp³-hybridized carbons (Fsp3) is 0.308. The van der Waals surface area contributed by atoms with Crippen molar-refractivity contribution in [2.75, 3.05) is 7.11 Å². The summed E-state index contributed by atoms with van der Waals surface area (Å²) in [5.41, 5.74) is 2.99. The molecule has 0 aliphatic rings. The van der Waals surface area contributed by atoms with Crippen molar-refractivity contribution < 1.29 is 9.13 Å². The molecule has 0 N–H and O–H groups in total. The van der Waals surface area contributed by atoms with E-state index >= 15 is 0 Å². The molecule has 4 heteroatoms. The molecule has 0 unspecified atom stereocenters. The Hall–Kier alpha value is -1.84. The number of ether oxygens (including phenoxy) is 1. The predicted octanol–water partition coefficient (Wildman–Crippen LogP) is 2.70.